The third-order valence-corrected chi connectivity index (χ3v) is 4.45. The van der Waals surface area contributed by atoms with Crippen LogP contribution in [0.15, 0.2) is 28.7 Å². The summed E-state index contributed by atoms with van der Waals surface area (Å²) in [6.45, 7) is 2.13. The van der Waals surface area contributed by atoms with Crippen LogP contribution < -0.4 is 10.1 Å². The Labute approximate surface area is 134 Å². The number of aromatic nitrogens is 2. The minimum Gasteiger partial charge on any atom is -0.497 e. The van der Waals surface area contributed by atoms with Crippen LogP contribution in [0.4, 0.5) is 0 Å². The fourth-order valence-electron chi connectivity index (χ4n) is 2.43. The Hall–Kier alpha value is -1.33. The lowest BCUT2D eigenvalue weighted by molar-refractivity contribution is 0.413. The summed E-state index contributed by atoms with van der Waals surface area (Å²) in [6, 6.07) is 8.44. The maximum absolute atomic E-state index is 5.33. The van der Waals surface area contributed by atoms with Crippen molar-refractivity contribution >= 4 is 15.9 Å². The second kappa shape index (κ2) is 7.09. The number of benzene rings is 1. The highest BCUT2D eigenvalue weighted by Crippen LogP contribution is 2.29. The fraction of sp³-hybridized carbons (Fsp3) is 0.438. The van der Waals surface area contributed by atoms with Crippen LogP contribution in [-0.2, 0) is 19.9 Å². The molecule has 0 bridgehead atoms. The molecule has 1 heterocycles. The van der Waals surface area contributed by atoms with Crippen molar-refractivity contribution in [2.75, 3.05) is 14.2 Å². The zero-order chi connectivity index (χ0) is 15.4. The lowest BCUT2D eigenvalue weighted by Crippen LogP contribution is -2.20. The molecule has 5 heteroatoms. The molecule has 114 valence electrons. The van der Waals surface area contributed by atoms with Crippen LogP contribution in [0.3, 0.4) is 0 Å². The molecule has 1 aromatic carbocycles. The molecule has 1 atom stereocenters. The number of hydrogen-bond acceptors (Lipinski definition) is 3. The number of methoxy groups -OCH3 is 1. The summed E-state index contributed by atoms with van der Waals surface area (Å²) in [6.07, 6.45) is 1.84. The van der Waals surface area contributed by atoms with E-state index in [2.05, 4.69) is 45.4 Å². The molecule has 0 spiro atoms. The molecule has 0 aliphatic heterocycles. The van der Waals surface area contributed by atoms with Gasteiger partial charge in [-0.1, -0.05) is 22.9 Å². The first kappa shape index (κ1) is 16.0. The van der Waals surface area contributed by atoms with Gasteiger partial charge in [0.1, 0.15) is 5.75 Å². The van der Waals surface area contributed by atoms with Crippen LogP contribution in [0.25, 0.3) is 0 Å². The first-order valence-corrected chi connectivity index (χ1v) is 7.90. The van der Waals surface area contributed by atoms with Crippen LogP contribution in [0.2, 0.25) is 0 Å². The van der Waals surface area contributed by atoms with Crippen molar-refractivity contribution in [1.82, 2.24) is 15.1 Å². The van der Waals surface area contributed by atoms with Crippen molar-refractivity contribution in [3.63, 3.8) is 0 Å². The molecule has 2 rings (SSSR count). The largest absolute Gasteiger partial charge is 0.497 e. The molecular weight excluding hydrogens is 330 g/mol. The van der Waals surface area contributed by atoms with Gasteiger partial charge < -0.3 is 10.1 Å². The maximum atomic E-state index is 5.33. The van der Waals surface area contributed by atoms with E-state index in [1.165, 1.54) is 11.3 Å². The summed E-state index contributed by atoms with van der Waals surface area (Å²) in [7, 11) is 5.67. The molecule has 0 saturated carbocycles. The van der Waals surface area contributed by atoms with Gasteiger partial charge in [0.25, 0.3) is 0 Å². The van der Waals surface area contributed by atoms with E-state index in [0.29, 0.717) is 0 Å². The van der Waals surface area contributed by atoms with Crippen LogP contribution in [0.5, 0.6) is 5.75 Å². The Kier molecular flexibility index (Phi) is 5.42. The van der Waals surface area contributed by atoms with Crippen molar-refractivity contribution in [1.29, 1.82) is 0 Å². The van der Waals surface area contributed by atoms with Gasteiger partial charge in [0.2, 0.25) is 0 Å². The quantitative estimate of drug-likeness (QED) is 0.867. The van der Waals surface area contributed by atoms with Gasteiger partial charge in [0.05, 0.1) is 12.8 Å². The predicted octanol–water partition coefficient (Wildman–Crippen LogP) is 3.26. The summed E-state index contributed by atoms with van der Waals surface area (Å²) in [5.41, 5.74) is 3.55. The Bertz CT molecular complexity index is 610. The van der Waals surface area contributed by atoms with Crippen molar-refractivity contribution < 1.29 is 4.74 Å². The van der Waals surface area contributed by atoms with E-state index in [1.807, 2.05) is 30.9 Å². The Morgan fingerprint density at radius 2 is 2.14 bits per heavy atom. The normalized spacial score (nSPS) is 12.4. The van der Waals surface area contributed by atoms with E-state index in [-0.39, 0.29) is 6.04 Å². The van der Waals surface area contributed by atoms with E-state index < -0.39 is 0 Å². The monoisotopic (exact) mass is 351 g/mol. The van der Waals surface area contributed by atoms with E-state index in [1.54, 1.807) is 7.11 Å². The highest BCUT2D eigenvalue weighted by molar-refractivity contribution is 9.10. The molecule has 0 fully saturated rings. The second-order valence-corrected chi connectivity index (χ2v) is 5.89. The lowest BCUT2D eigenvalue weighted by Gasteiger charge is -2.19. The van der Waals surface area contributed by atoms with Crippen LogP contribution in [0, 0.1) is 0 Å². The minimum atomic E-state index is 0.203. The molecule has 0 radical (unpaired) electrons. The predicted molar refractivity (Wildman–Crippen MR) is 88.8 cm³/mol. The van der Waals surface area contributed by atoms with Gasteiger partial charge in [-0.05, 0) is 43.3 Å². The van der Waals surface area contributed by atoms with E-state index >= 15 is 0 Å². The zero-order valence-corrected chi connectivity index (χ0v) is 14.6. The molecule has 1 unspecified atom stereocenters. The summed E-state index contributed by atoms with van der Waals surface area (Å²) in [5, 5.41) is 7.91. The number of nitrogens with one attached hydrogen (secondary N) is 1. The SMILES string of the molecule is CCc1cc(CC(NC)c2cc(OC)ccc2Br)n(C)n1. The van der Waals surface area contributed by atoms with Gasteiger partial charge in [-0.3, -0.25) is 4.68 Å². The Morgan fingerprint density at radius 3 is 2.71 bits per heavy atom. The highest BCUT2D eigenvalue weighted by atomic mass is 79.9. The van der Waals surface area contributed by atoms with E-state index in [0.717, 1.165) is 28.8 Å². The number of nitrogens with zero attached hydrogens (tertiary/aromatic N) is 2. The molecule has 0 amide bonds. The molecular formula is C16H22BrN3O. The number of aryl methyl sites for hydroxylation is 2. The van der Waals surface area contributed by atoms with Gasteiger partial charge in [-0.2, -0.15) is 5.10 Å². The van der Waals surface area contributed by atoms with E-state index in [4.69, 9.17) is 4.74 Å². The Balaban J connectivity index is 2.29. The summed E-state index contributed by atoms with van der Waals surface area (Å²) in [5.74, 6) is 0.868. The maximum Gasteiger partial charge on any atom is 0.119 e. The number of likely N-dealkylation sites (N-methyl/N-ethyl adjacent to an activating group) is 1. The molecule has 1 N–H and O–H groups in total. The topological polar surface area (TPSA) is 39.1 Å². The zero-order valence-electron chi connectivity index (χ0n) is 13.0. The summed E-state index contributed by atoms with van der Waals surface area (Å²) in [4.78, 5) is 0. The lowest BCUT2D eigenvalue weighted by atomic mass is 10.0. The average Bonchev–Trinajstić information content (AvgIpc) is 2.86. The van der Waals surface area contributed by atoms with Crippen molar-refractivity contribution in [3.8, 4) is 5.75 Å². The number of ether oxygens (including phenoxy) is 1. The van der Waals surface area contributed by atoms with E-state index in [9.17, 15) is 0 Å². The molecule has 4 nitrogen and oxygen atoms in total. The molecule has 0 aliphatic rings. The molecule has 1 aromatic heterocycles. The number of halogens is 1. The van der Waals surface area contributed by atoms with Crippen LogP contribution in [-0.4, -0.2) is 23.9 Å². The third-order valence-electron chi connectivity index (χ3n) is 3.73. The van der Waals surface area contributed by atoms with Gasteiger partial charge in [-0.25, -0.2) is 0 Å². The minimum absolute atomic E-state index is 0.203. The fourth-order valence-corrected chi connectivity index (χ4v) is 2.95. The van der Waals surface area contributed by atoms with Gasteiger partial charge in [0, 0.05) is 29.7 Å². The smallest absolute Gasteiger partial charge is 0.119 e. The third kappa shape index (κ3) is 3.66. The van der Waals surface area contributed by atoms with Gasteiger partial charge in [0.15, 0.2) is 0 Å². The van der Waals surface area contributed by atoms with Crippen molar-refractivity contribution in [3.05, 3.63) is 45.7 Å². The molecule has 21 heavy (non-hydrogen) atoms. The molecule has 0 saturated heterocycles. The second-order valence-electron chi connectivity index (χ2n) is 5.04. The summed E-state index contributed by atoms with van der Waals surface area (Å²) >= 11 is 3.63. The molecule has 2 aromatic rings. The van der Waals surface area contributed by atoms with Gasteiger partial charge in [-0.15, -0.1) is 0 Å². The van der Waals surface area contributed by atoms with Gasteiger partial charge >= 0.3 is 0 Å². The Morgan fingerprint density at radius 1 is 1.38 bits per heavy atom. The standard InChI is InChI=1S/C16H22BrN3O/c1-5-11-8-12(20(3)19-11)9-16(18-2)14-10-13(21-4)6-7-15(14)17/h6-8,10,16,18H,5,9H2,1-4H3. The van der Waals surface area contributed by atoms with Crippen molar-refractivity contribution in [2.24, 2.45) is 7.05 Å². The first-order valence-electron chi connectivity index (χ1n) is 7.11. The van der Waals surface area contributed by atoms with Crippen LogP contribution >= 0.6 is 15.9 Å². The van der Waals surface area contributed by atoms with Crippen molar-refractivity contribution in [2.45, 2.75) is 25.8 Å². The highest BCUT2D eigenvalue weighted by Gasteiger charge is 2.17. The number of rotatable bonds is 6. The average molecular weight is 352 g/mol. The number of hydrogen-bond donors (Lipinski definition) is 1. The first-order chi connectivity index (χ1) is 10.1. The molecule has 0 aliphatic carbocycles. The summed E-state index contributed by atoms with van der Waals surface area (Å²) < 4.78 is 8.39. The van der Waals surface area contributed by atoms with Crippen LogP contribution in [0.1, 0.15) is 29.9 Å².